The highest BCUT2D eigenvalue weighted by atomic mass is 16.1. The van der Waals surface area contributed by atoms with Crippen LogP contribution in [0, 0.1) is 13.8 Å². The summed E-state index contributed by atoms with van der Waals surface area (Å²) < 4.78 is 1.92. The largest absolute Gasteiger partial charge is 0.350 e. The average Bonchev–Trinajstić information content (AvgIpc) is 2.99. The number of nitrogens with one attached hydrogen (secondary N) is 2. The number of carbonyl (C=O) groups excluding carboxylic acids is 1. The molecule has 0 aliphatic carbocycles. The minimum absolute atomic E-state index is 0.0626. The van der Waals surface area contributed by atoms with E-state index in [0.717, 1.165) is 17.1 Å². The van der Waals surface area contributed by atoms with Crippen molar-refractivity contribution >= 4 is 17.5 Å². The Morgan fingerprint density at radius 2 is 1.85 bits per heavy atom. The molecule has 2 heterocycles. The molecule has 0 unspecified atom stereocenters. The van der Waals surface area contributed by atoms with E-state index in [-0.39, 0.29) is 11.9 Å². The molecule has 0 saturated carbocycles. The molecular formula is C19H22N6O. The number of amides is 1. The van der Waals surface area contributed by atoms with Crippen LogP contribution in [0.1, 0.15) is 34.7 Å². The first-order chi connectivity index (χ1) is 12.5. The zero-order valence-electron chi connectivity index (χ0n) is 15.1. The molecule has 1 atom stereocenters. The van der Waals surface area contributed by atoms with E-state index in [0.29, 0.717) is 18.1 Å². The molecule has 0 fully saturated rings. The van der Waals surface area contributed by atoms with Crippen molar-refractivity contribution in [2.75, 3.05) is 11.9 Å². The highest BCUT2D eigenvalue weighted by Crippen LogP contribution is 2.12. The van der Waals surface area contributed by atoms with Gasteiger partial charge in [-0.15, -0.1) is 0 Å². The van der Waals surface area contributed by atoms with Gasteiger partial charge in [0, 0.05) is 30.3 Å². The second-order valence-electron chi connectivity index (χ2n) is 6.22. The van der Waals surface area contributed by atoms with Gasteiger partial charge in [-0.05, 0) is 39.0 Å². The maximum atomic E-state index is 12.3. The van der Waals surface area contributed by atoms with Crippen molar-refractivity contribution in [3.8, 4) is 0 Å². The van der Waals surface area contributed by atoms with E-state index in [1.807, 2.05) is 61.9 Å². The number of benzene rings is 1. The lowest BCUT2D eigenvalue weighted by molar-refractivity contribution is 0.0947. The van der Waals surface area contributed by atoms with Gasteiger partial charge in [-0.2, -0.15) is 5.10 Å². The lowest BCUT2D eigenvalue weighted by Gasteiger charge is -2.15. The van der Waals surface area contributed by atoms with E-state index < -0.39 is 0 Å². The Kier molecular flexibility index (Phi) is 5.26. The molecular weight excluding hydrogens is 328 g/mol. The molecule has 0 radical (unpaired) electrons. The molecule has 0 saturated heterocycles. The number of hydrogen-bond acceptors (Lipinski definition) is 5. The van der Waals surface area contributed by atoms with E-state index >= 15 is 0 Å². The summed E-state index contributed by atoms with van der Waals surface area (Å²) in [5.41, 5.74) is 3.35. The normalized spacial score (nSPS) is 11.8. The van der Waals surface area contributed by atoms with Crippen LogP contribution in [0.4, 0.5) is 11.6 Å². The van der Waals surface area contributed by atoms with E-state index in [4.69, 9.17) is 0 Å². The Hall–Kier alpha value is -3.22. The molecule has 7 heteroatoms. The molecule has 3 rings (SSSR count). The molecule has 0 aliphatic rings. The Morgan fingerprint density at radius 3 is 2.46 bits per heavy atom. The number of nitrogens with zero attached hydrogens (tertiary/aromatic N) is 4. The van der Waals surface area contributed by atoms with Gasteiger partial charge in [-0.1, -0.05) is 18.2 Å². The molecule has 2 N–H and O–H groups in total. The third kappa shape index (κ3) is 4.24. The molecule has 134 valence electrons. The average molecular weight is 350 g/mol. The predicted octanol–water partition coefficient (Wildman–Crippen LogP) is 3.02. The summed E-state index contributed by atoms with van der Waals surface area (Å²) in [5.74, 6) is 0.244. The number of para-hydroxylation sites is 1. The van der Waals surface area contributed by atoms with Gasteiger partial charge in [0.15, 0.2) is 0 Å². The van der Waals surface area contributed by atoms with Gasteiger partial charge in [0.25, 0.3) is 5.91 Å². The molecule has 3 aromatic rings. The number of rotatable bonds is 6. The van der Waals surface area contributed by atoms with Gasteiger partial charge in [-0.25, -0.2) is 9.97 Å². The number of aromatic nitrogens is 4. The van der Waals surface area contributed by atoms with Crippen molar-refractivity contribution < 1.29 is 4.79 Å². The lowest BCUT2D eigenvalue weighted by atomic mass is 10.3. The molecule has 26 heavy (non-hydrogen) atoms. The minimum Gasteiger partial charge on any atom is -0.350 e. The fourth-order valence-electron chi connectivity index (χ4n) is 2.68. The first kappa shape index (κ1) is 17.6. The summed E-state index contributed by atoms with van der Waals surface area (Å²) in [6.45, 7) is 6.45. The summed E-state index contributed by atoms with van der Waals surface area (Å²) in [5, 5.41) is 10.4. The molecule has 0 spiro atoms. The van der Waals surface area contributed by atoms with Crippen molar-refractivity contribution in [3.05, 3.63) is 65.7 Å². The first-order valence-electron chi connectivity index (χ1n) is 8.48. The maximum Gasteiger partial charge on any atom is 0.254 e. The Balaban J connectivity index is 1.57. The van der Waals surface area contributed by atoms with Gasteiger partial charge >= 0.3 is 0 Å². The zero-order valence-corrected chi connectivity index (χ0v) is 15.1. The Labute approximate surface area is 152 Å². The highest BCUT2D eigenvalue weighted by Gasteiger charge is 2.12. The third-order valence-corrected chi connectivity index (χ3v) is 3.96. The van der Waals surface area contributed by atoms with Crippen molar-refractivity contribution in [1.82, 2.24) is 25.1 Å². The molecule has 2 aromatic heterocycles. The monoisotopic (exact) mass is 350 g/mol. The number of anilines is 2. The van der Waals surface area contributed by atoms with Crippen LogP contribution in [0.2, 0.25) is 0 Å². The fraction of sp³-hybridized carbons (Fsp3) is 0.263. The van der Waals surface area contributed by atoms with Gasteiger partial charge in [-0.3, -0.25) is 9.48 Å². The van der Waals surface area contributed by atoms with E-state index in [9.17, 15) is 4.79 Å². The molecule has 1 amide bonds. The second-order valence-corrected chi connectivity index (χ2v) is 6.22. The smallest absolute Gasteiger partial charge is 0.254 e. The fourth-order valence-corrected chi connectivity index (χ4v) is 2.68. The number of hydrogen-bond donors (Lipinski definition) is 2. The Morgan fingerprint density at radius 1 is 1.15 bits per heavy atom. The summed E-state index contributed by atoms with van der Waals surface area (Å²) in [4.78, 5) is 20.7. The van der Waals surface area contributed by atoms with E-state index in [1.54, 1.807) is 0 Å². The zero-order chi connectivity index (χ0) is 18.5. The number of aryl methyl sites for hydroxylation is 2. The van der Waals surface area contributed by atoms with Crippen LogP contribution in [-0.2, 0) is 0 Å². The standard InChI is InChI=1S/C19H22N6O/c1-13-9-14(2)25(24-13)15(3)10-20-18(26)16-11-21-19(22-12-16)23-17-7-5-4-6-8-17/h4-9,11-12,15H,10H2,1-3H3,(H,20,26)(H,21,22,23)/t15-/m0/s1. The highest BCUT2D eigenvalue weighted by molar-refractivity contribution is 5.93. The van der Waals surface area contributed by atoms with Crippen molar-refractivity contribution in [2.24, 2.45) is 0 Å². The second kappa shape index (κ2) is 7.77. The van der Waals surface area contributed by atoms with Crippen LogP contribution in [-0.4, -0.2) is 32.2 Å². The molecule has 1 aromatic carbocycles. The topological polar surface area (TPSA) is 84.7 Å². The van der Waals surface area contributed by atoms with Crippen LogP contribution < -0.4 is 10.6 Å². The molecule has 0 aliphatic heterocycles. The quantitative estimate of drug-likeness (QED) is 0.714. The summed E-state index contributed by atoms with van der Waals surface area (Å²) in [7, 11) is 0. The van der Waals surface area contributed by atoms with Gasteiger partial charge in [0.05, 0.1) is 17.3 Å². The molecule has 7 nitrogen and oxygen atoms in total. The Bertz CT molecular complexity index is 873. The van der Waals surface area contributed by atoms with E-state index in [2.05, 4.69) is 25.7 Å². The van der Waals surface area contributed by atoms with Crippen LogP contribution in [0.15, 0.2) is 48.8 Å². The van der Waals surface area contributed by atoms with Crippen LogP contribution in [0.5, 0.6) is 0 Å². The SMILES string of the molecule is Cc1cc(C)n([C@@H](C)CNC(=O)c2cnc(Nc3ccccc3)nc2)n1. The van der Waals surface area contributed by atoms with Gasteiger partial charge in [0.1, 0.15) is 0 Å². The van der Waals surface area contributed by atoms with Gasteiger partial charge < -0.3 is 10.6 Å². The summed E-state index contributed by atoms with van der Waals surface area (Å²) in [6, 6.07) is 11.7. The van der Waals surface area contributed by atoms with Crippen LogP contribution in [0.25, 0.3) is 0 Å². The third-order valence-electron chi connectivity index (χ3n) is 3.96. The lowest BCUT2D eigenvalue weighted by Crippen LogP contribution is -2.30. The van der Waals surface area contributed by atoms with Gasteiger partial charge in [0.2, 0.25) is 5.95 Å². The van der Waals surface area contributed by atoms with Crippen molar-refractivity contribution in [3.63, 3.8) is 0 Å². The number of carbonyl (C=O) groups is 1. The predicted molar refractivity (Wildman–Crippen MR) is 101 cm³/mol. The first-order valence-corrected chi connectivity index (χ1v) is 8.48. The minimum atomic E-state index is -0.204. The summed E-state index contributed by atoms with van der Waals surface area (Å²) >= 11 is 0. The van der Waals surface area contributed by atoms with Crippen LogP contribution in [0.3, 0.4) is 0 Å². The van der Waals surface area contributed by atoms with Crippen molar-refractivity contribution in [1.29, 1.82) is 0 Å². The molecule has 0 bridgehead atoms. The van der Waals surface area contributed by atoms with E-state index in [1.165, 1.54) is 12.4 Å². The maximum absolute atomic E-state index is 12.3. The van der Waals surface area contributed by atoms with Crippen LogP contribution >= 0.6 is 0 Å². The summed E-state index contributed by atoms with van der Waals surface area (Å²) in [6.07, 6.45) is 3.03. The van der Waals surface area contributed by atoms with Crippen molar-refractivity contribution in [2.45, 2.75) is 26.8 Å².